The summed E-state index contributed by atoms with van der Waals surface area (Å²) in [6, 6.07) is 8.00. The molecule has 2 aromatic rings. The standard InChI is InChI=1S/C24H32ClN5O2/c1-15(2)26-12-20(17-4-6-18(25)7-5-17)24(32)29-10-11-30(16(3)13-29)23-19-8-9-21(31)22(19)27-14-28-23/h4-7,14-16,20-21,26,31H,8-13H2,1-3H3/t16-,20?,21+/m0/s1. The van der Waals surface area contributed by atoms with Gasteiger partial charge in [0.25, 0.3) is 0 Å². The molecule has 0 radical (unpaired) electrons. The van der Waals surface area contributed by atoms with E-state index in [1.165, 1.54) is 0 Å². The van der Waals surface area contributed by atoms with Crippen molar-refractivity contribution in [3.8, 4) is 0 Å². The largest absolute Gasteiger partial charge is 0.387 e. The molecule has 4 rings (SSSR count). The van der Waals surface area contributed by atoms with Crippen LogP contribution in [0.5, 0.6) is 0 Å². The van der Waals surface area contributed by atoms with Crippen LogP contribution in [-0.2, 0) is 11.2 Å². The highest BCUT2D eigenvalue weighted by atomic mass is 35.5. The Labute approximate surface area is 194 Å². The van der Waals surface area contributed by atoms with Gasteiger partial charge in [-0.15, -0.1) is 0 Å². The molecule has 0 bridgehead atoms. The number of amides is 1. The highest BCUT2D eigenvalue weighted by molar-refractivity contribution is 6.30. The molecule has 32 heavy (non-hydrogen) atoms. The topological polar surface area (TPSA) is 81.6 Å². The third-order valence-corrected chi connectivity index (χ3v) is 6.70. The fourth-order valence-corrected chi connectivity index (χ4v) is 4.82. The number of rotatable bonds is 6. The smallest absolute Gasteiger partial charge is 0.231 e. The fraction of sp³-hybridized carbons (Fsp3) is 0.542. The Bertz CT molecular complexity index is 952. The summed E-state index contributed by atoms with van der Waals surface area (Å²) in [6.45, 7) is 8.86. The molecule has 1 aromatic carbocycles. The van der Waals surface area contributed by atoms with E-state index in [0.717, 1.165) is 29.1 Å². The SMILES string of the molecule is CC(C)NCC(C(=O)N1CCN(c2ncnc3c2CC[C@H]3O)[C@@H](C)C1)c1ccc(Cl)cc1. The molecule has 2 N–H and O–H groups in total. The average Bonchev–Trinajstić information content (AvgIpc) is 3.16. The van der Waals surface area contributed by atoms with Crippen LogP contribution in [0.2, 0.25) is 5.02 Å². The van der Waals surface area contributed by atoms with Gasteiger partial charge >= 0.3 is 0 Å². The first kappa shape index (κ1) is 23.0. The second-order valence-electron chi connectivity index (χ2n) is 9.11. The molecule has 1 aliphatic heterocycles. The number of aliphatic hydroxyl groups is 1. The van der Waals surface area contributed by atoms with Crippen LogP contribution in [0, 0.1) is 0 Å². The molecule has 2 aliphatic rings. The van der Waals surface area contributed by atoms with Crippen molar-refractivity contribution >= 4 is 23.3 Å². The van der Waals surface area contributed by atoms with E-state index in [0.29, 0.717) is 43.7 Å². The molecule has 0 spiro atoms. The molecule has 172 valence electrons. The second kappa shape index (κ2) is 9.73. The van der Waals surface area contributed by atoms with Gasteiger partial charge in [0.15, 0.2) is 0 Å². The summed E-state index contributed by atoms with van der Waals surface area (Å²) in [5.41, 5.74) is 2.78. The minimum absolute atomic E-state index is 0.119. The number of halogens is 1. The molecule has 1 saturated heterocycles. The number of benzene rings is 1. The van der Waals surface area contributed by atoms with Crippen molar-refractivity contribution < 1.29 is 9.90 Å². The van der Waals surface area contributed by atoms with Gasteiger partial charge in [0.1, 0.15) is 12.1 Å². The zero-order valence-corrected chi connectivity index (χ0v) is 19.7. The van der Waals surface area contributed by atoms with E-state index in [-0.39, 0.29) is 17.9 Å². The molecule has 1 unspecified atom stereocenters. The number of nitrogens with one attached hydrogen (secondary N) is 1. The summed E-state index contributed by atoms with van der Waals surface area (Å²) in [5.74, 6) is 0.782. The van der Waals surface area contributed by atoms with Gasteiger partial charge in [-0.1, -0.05) is 37.6 Å². The van der Waals surface area contributed by atoms with E-state index < -0.39 is 6.10 Å². The molecule has 1 aromatic heterocycles. The number of hydrogen-bond acceptors (Lipinski definition) is 6. The number of aliphatic hydroxyl groups excluding tert-OH is 1. The van der Waals surface area contributed by atoms with Gasteiger partial charge in [-0.2, -0.15) is 0 Å². The van der Waals surface area contributed by atoms with Gasteiger partial charge in [-0.3, -0.25) is 4.79 Å². The third-order valence-electron chi connectivity index (χ3n) is 6.45. The number of carbonyl (C=O) groups is 1. The quantitative estimate of drug-likeness (QED) is 0.694. The van der Waals surface area contributed by atoms with Crippen molar-refractivity contribution in [3.63, 3.8) is 0 Å². The Morgan fingerprint density at radius 2 is 2.00 bits per heavy atom. The van der Waals surface area contributed by atoms with E-state index in [1.807, 2.05) is 29.2 Å². The van der Waals surface area contributed by atoms with Crippen LogP contribution in [0.15, 0.2) is 30.6 Å². The molecule has 3 atom stereocenters. The number of aromatic nitrogens is 2. The minimum atomic E-state index is -0.501. The summed E-state index contributed by atoms with van der Waals surface area (Å²) in [7, 11) is 0. The van der Waals surface area contributed by atoms with Crippen LogP contribution >= 0.6 is 11.6 Å². The first-order valence-corrected chi connectivity index (χ1v) is 11.8. The van der Waals surface area contributed by atoms with Crippen molar-refractivity contribution in [2.24, 2.45) is 0 Å². The molecular formula is C24H32ClN5O2. The van der Waals surface area contributed by atoms with Crippen molar-refractivity contribution in [2.75, 3.05) is 31.1 Å². The molecule has 2 heterocycles. The molecule has 8 heteroatoms. The van der Waals surface area contributed by atoms with Crippen LogP contribution in [0.1, 0.15) is 56.0 Å². The second-order valence-corrected chi connectivity index (χ2v) is 9.55. The predicted octanol–water partition coefficient (Wildman–Crippen LogP) is 2.93. The van der Waals surface area contributed by atoms with Crippen LogP contribution in [0.3, 0.4) is 0 Å². The third kappa shape index (κ3) is 4.75. The van der Waals surface area contributed by atoms with Gasteiger partial charge in [0.2, 0.25) is 5.91 Å². The molecule has 1 aliphatic carbocycles. The lowest BCUT2D eigenvalue weighted by Gasteiger charge is -2.42. The van der Waals surface area contributed by atoms with Gasteiger partial charge < -0.3 is 20.2 Å². The number of anilines is 1. The highest BCUT2D eigenvalue weighted by Gasteiger charge is 2.34. The summed E-state index contributed by atoms with van der Waals surface area (Å²) in [6.07, 6.45) is 2.53. The lowest BCUT2D eigenvalue weighted by molar-refractivity contribution is -0.133. The van der Waals surface area contributed by atoms with Crippen LogP contribution in [0.4, 0.5) is 5.82 Å². The Morgan fingerprint density at radius 3 is 2.69 bits per heavy atom. The molecule has 7 nitrogen and oxygen atoms in total. The number of hydrogen-bond donors (Lipinski definition) is 2. The summed E-state index contributed by atoms with van der Waals surface area (Å²) >= 11 is 6.07. The lowest BCUT2D eigenvalue weighted by Crippen LogP contribution is -2.55. The Kier molecular flexibility index (Phi) is 6.98. The summed E-state index contributed by atoms with van der Waals surface area (Å²) in [4.78, 5) is 26.7. The maximum absolute atomic E-state index is 13.6. The summed E-state index contributed by atoms with van der Waals surface area (Å²) in [5, 5.41) is 14.3. The van der Waals surface area contributed by atoms with Gasteiger partial charge in [0, 0.05) is 48.8 Å². The Balaban J connectivity index is 1.50. The predicted molar refractivity (Wildman–Crippen MR) is 126 cm³/mol. The summed E-state index contributed by atoms with van der Waals surface area (Å²) < 4.78 is 0. The van der Waals surface area contributed by atoms with E-state index in [4.69, 9.17) is 11.6 Å². The van der Waals surface area contributed by atoms with Gasteiger partial charge in [0.05, 0.1) is 17.7 Å². The zero-order chi connectivity index (χ0) is 22.8. The van der Waals surface area contributed by atoms with Gasteiger partial charge in [-0.25, -0.2) is 9.97 Å². The first-order valence-electron chi connectivity index (χ1n) is 11.4. The van der Waals surface area contributed by atoms with E-state index in [2.05, 4.69) is 41.0 Å². The van der Waals surface area contributed by atoms with Crippen molar-refractivity contribution in [3.05, 3.63) is 52.4 Å². The van der Waals surface area contributed by atoms with E-state index in [9.17, 15) is 9.90 Å². The number of nitrogens with zero attached hydrogens (tertiary/aromatic N) is 4. The van der Waals surface area contributed by atoms with Crippen LogP contribution < -0.4 is 10.2 Å². The van der Waals surface area contributed by atoms with Crippen molar-refractivity contribution in [1.29, 1.82) is 0 Å². The zero-order valence-electron chi connectivity index (χ0n) is 19.0. The number of carbonyl (C=O) groups excluding carboxylic acids is 1. The van der Waals surface area contributed by atoms with E-state index >= 15 is 0 Å². The van der Waals surface area contributed by atoms with Gasteiger partial charge in [-0.05, 0) is 37.5 Å². The molecule has 0 saturated carbocycles. The number of fused-ring (bicyclic) bond motifs is 1. The van der Waals surface area contributed by atoms with Crippen molar-refractivity contribution in [1.82, 2.24) is 20.2 Å². The molecule has 1 fully saturated rings. The number of piperazine rings is 1. The van der Waals surface area contributed by atoms with Crippen LogP contribution in [-0.4, -0.2) is 64.1 Å². The average molecular weight is 458 g/mol. The Hall–Kier alpha value is -2.22. The van der Waals surface area contributed by atoms with Crippen LogP contribution in [0.25, 0.3) is 0 Å². The molecular weight excluding hydrogens is 426 g/mol. The lowest BCUT2D eigenvalue weighted by atomic mass is 9.96. The maximum Gasteiger partial charge on any atom is 0.231 e. The first-order chi connectivity index (χ1) is 15.3. The monoisotopic (exact) mass is 457 g/mol. The fourth-order valence-electron chi connectivity index (χ4n) is 4.70. The maximum atomic E-state index is 13.6. The highest BCUT2D eigenvalue weighted by Crippen LogP contribution is 2.35. The van der Waals surface area contributed by atoms with Crippen molar-refractivity contribution in [2.45, 2.75) is 57.7 Å². The normalized spacial score (nSPS) is 21.7. The Morgan fingerprint density at radius 1 is 1.25 bits per heavy atom. The minimum Gasteiger partial charge on any atom is -0.387 e. The van der Waals surface area contributed by atoms with E-state index in [1.54, 1.807) is 6.33 Å². The molecule has 1 amide bonds.